The summed E-state index contributed by atoms with van der Waals surface area (Å²) in [7, 11) is -0.877. The normalized spacial score (nSPS) is 10.1. The van der Waals surface area contributed by atoms with Gasteiger partial charge in [0.15, 0.2) is 0 Å². The second-order valence-corrected chi connectivity index (χ2v) is 8.81. The van der Waals surface area contributed by atoms with Crippen LogP contribution < -0.4 is 15.9 Å². The molecule has 3 rings (SSSR count). The van der Waals surface area contributed by atoms with E-state index in [4.69, 9.17) is 5.11 Å². The molecule has 2 nitrogen and oxygen atoms in total. The molecule has 3 aromatic carbocycles. The van der Waals surface area contributed by atoms with Gasteiger partial charge in [0.25, 0.3) is 0 Å². The molecule has 0 radical (unpaired) electrons. The molecule has 1 N–H and O–H groups in total. The lowest BCUT2D eigenvalue weighted by Gasteiger charge is -2.10. The number of hydrogen-bond donors (Lipinski definition) is 1. The smallest absolute Gasteiger partial charge is 0.303 e. The molecular weight excluding hydrogens is 351 g/mol. The molecule has 0 aliphatic heterocycles. The van der Waals surface area contributed by atoms with Gasteiger partial charge in [0, 0.05) is 6.42 Å². The highest BCUT2D eigenvalue weighted by molar-refractivity contribution is 7.79. The average molecular weight is 379 g/mol. The number of unbranched alkanes of at least 4 members (excludes halogenated alkanes) is 2. The van der Waals surface area contributed by atoms with Crippen LogP contribution in [0.4, 0.5) is 0 Å². The minimum absolute atomic E-state index is 0.327. The summed E-state index contributed by atoms with van der Waals surface area (Å²) < 4.78 is 0. The molecule has 0 unspecified atom stereocenters. The van der Waals surface area contributed by atoms with E-state index >= 15 is 0 Å². The lowest BCUT2D eigenvalue weighted by molar-refractivity contribution is -0.137. The van der Waals surface area contributed by atoms with Gasteiger partial charge >= 0.3 is 5.97 Å². The molecule has 27 heavy (non-hydrogen) atoms. The van der Waals surface area contributed by atoms with Crippen molar-refractivity contribution in [2.24, 2.45) is 0 Å². The first-order valence-corrected chi connectivity index (χ1v) is 11.0. The molecule has 3 heteroatoms. The van der Waals surface area contributed by atoms with Crippen molar-refractivity contribution in [2.45, 2.75) is 32.6 Å². The standard InChI is InChI=1S/C18H15P.C6H12O2/c1-4-10-16(11-5-1)19(17-12-6-2-7-13-17)18-14-8-3-9-15-18;1-2-3-4-5-6(7)8/h1-15H;2-5H2,1H3,(H,7,8)/p+1. The SMILES string of the molecule is CCCCCC(=O)O.c1ccc([PH+](c2ccccc2)c2ccccc2)cc1. The fourth-order valence-electron chi connectivity index (χ4n) is 2.84. The molecule has 0 aliphatic rings. The maximum absolute atomic E-state index is 9.87. The summed E-state index contributed by atoms with van der Waals surface area (Å²) in [4.78, 5) is 9.87. The van der Waals surface area contributed by atoms with Crippen LogP contribution in [0.15, 0.2) is 91.0 Å². The summed E-state index contributed by atoms with van der Waals surface area (Å²) >= 11 is 0. The Labute approximate surface area is 163 Å². The molecule has 140 valence electrons. The van der Waals surface area contributed by atoms with Crippen LogP contribution in [-0.4, -0.2) is 11.1 Å². The third-order valence-electron chi connectivity index (χ3n) is 4.18. The van der Waals surface area contributed by atoms with E-state index in [1.807, 2.05) is 0 Å². The summed E-state index contributed by atoms with van der Waals surface area (Å²) in [5.41, 5.74) is 0. The number of aliphatic carboxylic acids is 1. The number of benzene rings is 3. The van der Waals surface area contributed by atoms with Gasteiger partial charge in [-0.2, -0.15) is 0 Å². The van der Waals surface area contributed by atoms with Gasteiger partial charge in [-0.25, -0.2) is 0 Å². The monoisotopic (exact) mass is 379 g/mol. The number of carboxylic acid groups (broad SMARTS) is 1. The van der Waals surface area contributed by atoms with Crippen molar-refractivity contribution < 1.29 is 9.90 Å². The molecular formula is C24H28O2P+. The minimum atomic E-state index is -0.877. The average Bonchev–Trinajstić information content (AvgIpc) is 2.71. The van der Waals surface area contributed by atoms with Gasteiger partial charge in [0.1, 0.15) is 15.9 Å². The Kier molecular flexibility index (Phi) is 9.30. The summed E-state index contributed by atoms with van der Waals surface area (Å²) in [5, 5.41) is 12.4. The van der Waals surface area contributed by atoms with E-state index in [1.165, 1.54) is 15.9 Å². The number of carboxylic acids is 1. The van der Waals surface area contributed by atoms with Crippen LogP contribution in [0, 0.1) is 0 Å². The van der Waals surface area contributed by atoms with Gasteiger partial charge in [-0.1, -0.05) is 74.4 Å². The second kappa shape index (κ2) is 12.0. The van der Waals surface area contributed by atoms with E-state index in [9.17, 15) is 4.79 Å². The first kappa shape index (κ1) is 20.9. The molecule has 0 heterocycles. The van der Waals surface area contributed by atoms with Crippen molar-refractivity contribution in [2.75, 3.05) is 0 Å². The summed E-state index contributed by atoms with van der Waals surface area (Å²) in [6.45, 7) is 2.06. The van der Waals surface area contributed by atoms with Crippen molar-refractivity contribution in [1.29, 1.82) is 0 Å². The van der Waals surface area contributed by atoms with Gasteiger partial charge in [0.05, 0.1) is 7.92 Å². The number of carbonyl (C=O) groups is 1. The number of rotatable bonds is 7. The van der Waals surface area contributed by atoms with Gasteiger partial charge in [0.2, 0.25) is 0 Å². The highest BCUT2D eigenvalue weighted by Crippen LogP contribution is 2.32. The highest BCUT2D eigenvalue weighted by atomic mass is 31.1. The maximum atomic E-state index is 9.87. The van der Waals surface area contributed by atoms with Crippen LogP contribution in [0.25, 0.3) is 0 Å². The van der Waals surface area contributed by atoms with Crippen LogP contribution in [0.5, 0.6) is 0 Å². The minimum Gasteiger partial charge on any atom is -0.481 e. The first-order chi connectivity index (χ1) is 13.2. The zero-order valence-electron chi connectivity index (χ0n) is 15.8. The molecule has 0 amide bonds. The number of hydrogen-bond acceptors (Lipinski definition) is 1. The summed E-state index contributed by atoms with van der Waals surface area (Å²) in [6, 6.07) is 32.5. The van der Waals surface area contributed by atoms with Crippen LogP contribution in [0.1, 0.15) is 32.6 Å². The van der Waals surface area contributed by atoms with Gasteiger partial charge < -0.3 is 5.11 Å². The zero-order chi connectivity index (χ0) is 19.3. The van der Waals surface area contributed by atoms with Crippen molar-refractivity contribution in [3.8, 4) is 0 Å². The lowest BCUT2D eigenvalue weighted by atomic mass is 10.2. The zero-order valence-corrected chi connectivity index (χ0v) is 16.8. The molecule has 0 spiro atoms. The van der Waals surface area contributed by atoms with Crippen molar-refractivity contribution in [3.05, 3.63) is 91.0 Å². The quantitative estimate of drug-likeness (QED) is 0.472. The third kappa shape index (κ3) is 7.37. The molecule has 0 atom stereocenters. The molecule has 0 saturated carbocycles. The Morgan fingerprint density at radius 2 is 1.07 bits per heavy atom. The predicted octanol–water partition coefficient (Wildman–Crippen LogP) is 4.83. The Hall–Kier alpha value is -2.44. The Morgan fingerprint density at radius 1 is 0.704 bits per heavy atom. The molecule has 0 bridgehead atoms. The summed E-state index contributed by atoms with van der Waals surface area (Å²) in [5.74, 6) is -0.682. The van der Waals surface area contributed by atoms with Gasteiger partial charge in [-0.15, -0.1) is 0 Å². The largest absolute Gasteiger partial charge is 0.481 e. The van der Waals surface area contributed by atoms with Crippen LogP contribution in [0.3, 0.4) is 0 Å². The molecule has 0 saturated heterocycles. The van der Waals surface area contributed by atoms with E-state index in [1.54, 1.807) is 0 Å². The Bertz CT molecular complexity index is 679. The fraction of sp³-hybridized carbons (Fsp3) is 0.208. The van der Waals surface area contributed by atoms with E-state index in [2.05, 4.69) is 97.9 Å². The fourth-order valence-corrected chi connectivity index (χ4v) is 5.42. The van der Waals surface area contributed by atoms with Crippen LogP contribution in [0.2, 0.25) is 0 Å². The molecule has 3 aromatic rings. The predicted molar refractivity (Wildman–Crippen MR) is 118 cm³/mol. The van der Waals surface area contributed by atoms with E-state index in [0.29, 0.717) is 6.42 Å². The topological polar surface area (TPSA) is 37.3 Å². The first-order valence-electron chi connectivity index (χ1n) is 9.47. The van der Waals surface area contributed by atoms with Crippen molar-refractivity contribution in [1.82, 2.24) is 0 Å². The van der Waals surface area contributed by atoms with Crippen LogP contribution in [-0.2, 0) is 4.79 Å². The molecule has 0 fully saturated rings. The van der Waals surface area contributed by atoms with E-state index in [-0.39, 0.29) is 0 Å². The van der Waals surface area contributed by atoms with E-state index in [0.717, 1.165) is 19.3 Å². The van der Waals surface area contributed by atoms with Crippen molar-refractivity contribution in [3.63, 3.8) is 0 Å². The van der Waals surface area contributed by atoms with Crippen molar-refractivity contribution >= 4 is 29.8 Å². The van der Waals surface area contributed by atoms with E-state index < -0.39 is 13.9 Å². The molecule has 0 aliphatic carbocycles. The third-order valence-corrected chi connectivity index (χ3v) is 6.91. The van der Waals surface area contributed by atoms with Gasteiger partial charge in [-0.05, 0) is 42.8 Å². The second-order valence-electron chi connectivity index (χ2n) is 6.32. The summed E-state index contributed by atoms with van der Waals surface area (Å²) in [6.07, 6.45) is 3.28. The Morgan fingerprint density at radius 3 is 1.37 bits per heavy atom. The maximum Gasteiger partial charge on any atom is 0.303 e. The lowest BCUT2D eigenvalue weighted by Crippen LogP contribution is -2.20. The molecule has 0 aromatic heterocycles. The highest BCUT2D eigenvalue weighted by Gasteiger charge is 2.24. The van der Waals surface area contributed by atoms with Gasteiger partial charge in [-0.3, -0.25) is 4.79 Å². The Balaban J connectivity index is 0.000000279. The van der Waals surface area contributed by atoms with Crippen LogP contribution >= 0.6 is 7.92 Å².